The fraction of sp³-hybridized carbons (Fsp3) is 0.481. The lowest BCUT2D eigenvalue weighted by Gasteiger charge is -2.40. The van der Waals surface area contributed by atoms with Crippen LogP contribution in [-0.2, 0) is 19.5 Å². The number of amides is 1. The maximum Gasteiger partial charge on any atom is 0.254 e. The number of aromatic nitrogens is 2. The molecule has 1 fully saturated rings. The second kappa shape index (κ2) is 10.7. The van der Waals surface area contributed by atoms with Crippen LogP contribution in [0.15, 0.2) is 47.2 Å². The lowest BCUT2D eigenvalue weighted by atomic mass is 9.84. The van der Waals surface area contributed by atoms with Crippen molar-refractivity contribution in [2.24, 2.45) is 5.92 Å². The van der Waals surface area contributed by atoms with Crippen molar-refractivity contribution < 1.29 is 4.79 Å². The molecule has 2 aromatic heterocycles. The average Bonchev–Trinajstić information content (AvgIpc) is 3.47. The predicted molar refractivity (Wildman–Crippen MR) is 136 cm³/mol. The van der Waals surface area contributed by atoms with Crippen LogP contribution in [0.3, 0.4) is 0 Å². The molecule has 33 heavy (non-hydrogen) atoms. The summed E-state index contributed by atoms with van der Waals surface area (Å²) in [7, 11) is 1.99. The first-order valence-electron chi connectivity index (χ1n) is 12.1. The summed E-state index contributed by atoms with van der Waals surface area (Å²) in [5.74, 6) is 0.632. The van der Waals surface area contributed by atoms with E-state index in [9.17, 15) is 4.79 Å². The molecule has 0 spiro atoms. The van der Waals surface area contributed by atoms with E-state index in [4.69, 9.17) is 5.10 Å². The molecular weight excluding hydrogens is 428 g/mol. The Morgan fingerprint density at radius 1 is 1.18 bits per heavy atom. The van der Waals surface area contributed by atoms with Crippen molar-refractivity contribution in [3.05, 3.63) is 75.2 Å². The molecule has 1 aromatic carbocycles. The van der Waals surface area contributed by atoms with Crippen molar-refractivity contribution in [3.63, 3.8) is 0 Å². The van der Waals surface area contributed by atoms with Crippen LogP contribution in [0, 0.1) is 19.8 Å². The van der Waals surface area contributed by atoms with Gasteiger partial charge in [0.25, 0.3) is 5.91 Å². The molecule has 0 bridgehead atoms. The zero-order chi connectivity index (χ0) is 23.4. The quantitative estimate of drug-likeness (QED) is 0.461. The molecule has 5 nitrogen and oxygen atoms in total. The number of carbonyl (C=O) groups is 1. The standard InChI is InChI=1S/C27H36N4OS/c1-5-31-21(3)25(20(2)28-31)18-30-14-11-23(12-15-30)26(17-22-9-7-6-8-10-22)29(4)27(32)24-13-16-33-19-24/h6-10,13,16,19,23,26H,5,11-12,14-15,17-18H2,1-4H3. The van der Waals surface area contributed by atoms with Crippen LogP contribution in [0.4, 0.5) is 0 Å². The first-order valence-corrected chi connectivity index (χ1v) is 13.0. The number of thiophene rings is 1. The topological polar surface area (TPSA) is 41.4 Å². The van der Waals surface area contributed by atoms with Gasteiger partial charge in [0.1, 0.15) is 0 Å². The Balaban J connectivity index is 1.46. The molecule has 3 aromatic rings. The van der Waals surface area contributed by atoms with Gasteiger partial charge in [0, 0.05) is 42.8 Å². The lowest BCUT2D eigenvalue weighted by Crippen LogP contribution is -2.47. The fourth-order valence-electron chi connectivity index (χ4n) is 5.21. The number of likely N-dealkylation sites (N-methyl/N-ethyl adjacent to an activating group) is 1. The summed E-state index contributed by atoms with van der Waals surface area (Å²) in [6.07, 6.45) is 3.12. The maximum absolute atomic E-state index is 13.2. The highest BCUT2D eigenvalue weighted by molar-refractivity contribution is 7.08. The van der Waals surface area contributed by atoms with Crippen molar-refractivity contribution in [1.82, 2.24) is 19.6 Å². The summed E-state index contributed by atoms with van der Waals surface area (Å²) in [4.78, 5) is 17.8. The van der Waals surface area contributed by atoms with Crippen LogP contribution in [0.5, 0.6) is 0 Å². The molecule has 1 aliphatic rings. The summed E-state index contributed by atoms with van der Waals surface area (Å²) in [6, 6.07) is 12.8. The van der Waals surface area contributed by atoms with Gasteiger partial charge in [-0.25, -0.2) is 0 Å². The highest BCUT2D eigenvalue weighted by Crippen LogP contribution is 2.29. The lowest BCUT2D eigenvalue weighted by molar-refractivity contribution is 0.0585. The molecule has 0 aliphatic carbocycles. The minimum atomic E-state index is 0.137. The van der Waals surface area contributed by atoms with Crippen molar-refractivity contribution >= 4 is 17.2 Å². The Morgan fingerprint density at radius 2 is 1.91 bits per heavy atom. The smallest absolute Gasteiger partial charge is 0.254 e. The number of benzene rings is 1. The summed E-state index contributed by atoms with van der Waals surface area (Å²) in [5.41, 5.74) is 5.92. The molecule has 0 N–H and O–H groups in total. The van der Waals surface area contributed by atoms with Crippen LogP contribution in [0.1, 0.15) is 52.6 Å². The van der Waals surface area contributed by atoms with Gasteiger partial charge in [-0.1, -0.05) is 30.3 Å². The van der Waals surface area contributed by atoms with Gasteiger partial charge in [-0.15, -0.1) is 0 Å². The summed E-state index contributed by atoms with van der Waals surface area (Å²) < 4.78 is 2.11. The highest BCUT2D eigenvalue weighted by Gasteiger charge is 2.32. The van der Waals surface area contributed by atoms with E-state index in [1.807, 2.05) is 28.8 Å². The highest BCUT2D eigenvalue weighted by atomic mass is 32.1. The zero-order valence-electron chi connectivity index (χ0n) is 20.3. The fourth-order valence-corrected chi connectivity index (χ4v) is 5.84. The maximum atomic E-state index is 13.2. The van der Waals surface area contributed by atoms with Crippen LogP contribution in [0.2, 0.25) is 0 Å². The van der Waals surface area contributed by atoms with E-state index in [1.54, 1.807) is 11.3 Å². The van der Waals surface area contributed by atoms with Gasteiger partial charge in [-0.2, -0.15) is 16.4 Å². The number of rotatable bonds is 8. The molecule has 1 aliphatic heterocycles. The van der Waals surface area contributed by atoms with Gasteiger partial charge in [0.2, 0.25) is 0 Å². The molecule has 0 saturated carbocycles. The monoisotopic (exact) mass is 464 g/mol. The Kier molecular flexibility index (Phi) is 7.66. The van der Waals surface area contributed by atoms with Gasteiger partial charge in [-0.05, 0) is 76.1 Å². The van der Waals surface area contributed by atoms with E-state index in [-0.39, 0.29) is 11.9 Å². The minimum Gasteiger partial charge on any atom is -0.338 e. The van der Waals surface area contributed by atoms with Crippen LogP contribution < -0.4 is 0 Å². The molecule has 1 saturated heterocycles. The van der Waals surface area contributed by atoms with Crippen molar-refractivity contribution in [1.29, 1.82) is 0 Å². The van der Waals surface area contributed by atoms with Gasteiger partial charge in [0.15, 0.2) is 0 Å². The van der Waals surface area contributed by atoms with Crippen LogP contribution >= 0.6 is 11.3 Å². The molecule has 4 rings (SSSR count). The number of likely N-dealkylation sites (tertiary alicyclic amines) is 1. The minimum absolute atomic E-state index is 0.137. The summed E-state index contributed by atoms with van der Waals surface area (Å²) >= 11 is 1.58. The SMILES string of the molecule is CCn1nc(C)c(CN2CCC(C(Cc3ccccc3)N(C)C(=O)c3ccsc3)CC2)c1C. The molecular formula is C27H36N4OS. The molecule has 1 amide bonds. The van der Waals surface area contributed by atoms with E-state index in [0.29, 0.717) is 5.92 Å². The third-order valence-corrected chi connectivity index (χ3v) is 7.95. The third kappa shape index (κ3) is 5.39. The molecule has 3 heterocycles. The number of aryl methyl sites for hydroxylation is 2. The number of carbonyl (C=O) groups excluding carboxylic acids is 1. The van der Waals surface area contributed by atoms with E-state index in [0.717, 1.165) is 56.7 Å². The first kappa shape index (κ1) is 23.7. The van der Waals surface area contributed by atoms with Crippen molar-refractivity contribution in [2.45, 2.75) is 59.2 Å². The average molecular weight is 465 g/mol. The van der Waals surface area contributed by atoms with Gasteiger partial charge in [0.05, 0.1) is 11.3 Å². The number of hydrogen-bond acceptors (Lipinski definition) is 4. The molecule has 6 heteroatoms. The Morgan fingerprint density at radius 3 is 2.52 bits per heavy atom. The van der Waals surface area contributed by atoms with Gasteiger partial charge in [-0.3, -0.25) is 14.4 Å². The normalized spacial score (nSPS) is 16.1. The molecule has 0 radical (unpaired) electrons. The van der Waals surface area contributed by atoms with E-state index >= 15 is 0 Å². The summed E-state index contributed by atoms with van der Waals surface area (Å²) in [6.45, 7) is 10.5. The zero-order valence-corrected chi connectivity index (χ0v) is 21.1. The molecule has 176 valence electrons. The second-order valence-corrected chi connectivity index (χ2v) is 10.0. The predicted octanol–water partition coefficient (Wildman–Crippen LogP) is 5.18. The van der Waals surface area contributed by atoms with Crippen molar-refractivity contribution in [2.75, 3.05) is 20.1 Å². The van der Waals surface area contributed by atoms with E-state index in [2.05, 4.69) is 60.7 Å². The Bertz CT molecular complexity index is 1040. The Hall–Kier alpha value is -2.44. The first-order chi connectivity index (χ1) is 16.0. The number of nitrogens with zero attached hydrogens (tertiary/aromatic N) is 4. The van der Waals surface area contributed by atoms with Gasteiger partial charge < -0.3 is 4.90 Å². The summed E-state index contributed by atoms with van der Waals surface area (Å²) in [5, 5.41) is 8.64. The number of hydrogen-bond donors (Lipinski definition) is 0. The van der Waals surface area contributed by atoms with E-state index < -0.39 is 0 Å². The Labute approximate surface area is 202 Å². The second-order valence-electron chi connectivity index (χ2n) is 9.26. The van der Waals surface area contributed by atoms with E-state index in [1.165, 1.54) is 16.8 Å². The van der Waals surface area contributed by atoms with Crippen LogP contribution in [-0.4, -0.2) is 51.7 Å². The molecule has 1 atom stereocenters. The van der Waals surface area contributed by atoms with Gasteiger partial charge >= 0.3 is 0 Å². The van der Waals surface area contributed by atoms with Crippen LogP contribution in [0.25, 0.3) is 0 Å². The molecule has 1 unspecified atom stereocenters. The third-order valence-electron chi connectivity index (χ3n) is 7.26. The van der Waals surface area contributed by atoms with Crippen molar-refractivity contribution in [3.8, 4) is 0 Å². The number of piperidine rings is 1. The largest absolute Gasteiger partial charge is 0.338 e.